The van der Waals surface area contributed by atoms with Gasteiger partial charge >= 0.3 is 0 Å². The molecular weight excluding hydrogens is 860 g/mol. The van der Waals surface area contributed by atoms with Crippen molar-refractivity contribution in [2.24, 2.45) is 10.2 Å². The highest BCUT2D eigenvalue weighted by Crippen LogP contribution is 2.43. The lowest BCUT2D eigenvalue weighted by Crippen LogP contribution is -2.34. The number of rotatable bonds is 10. The number of nitrogens with zero attached hydrogens (tertiary/aromatic N) is 3. The van der Waals surface area contributed by atoms with Crippen LogP contribution in [0.5, 0.6) is 5.75 Å². The number of aromatic hydroxyl groups is 1. The highest BCUT2D eigenvalue weighted by molar-refractivity contribution is 9.12. The third kappa shape index (κ3) is 7.93. The van der Waals surface area contributed by atoms with E-state index in [0.29, 0.717) is 11.0 Å². The molecule has 0 saturated carbocycles. The van der Waals surface area contributed by atoms with Crippen LogP contribution in [-0.2, 0) is 29.8 Å². The van der Waals surface area contributed by atoms with Crippen LogP contribution in [0.15, 0.2) is 62.5 Å². The van der Waals surface area contributed by atoms with Gasteiger partial charge in [0.15, 0.2) is 5.75 Å². The Hall–Kier alpha value is -2.00. The van der Waals surface area contributed by atoms with Crippen molar-refractivity contribution < 1.29 is 40.6 Å². The second-order valence-electron chi connectivity index (χ2n) is 8.44. The number of anilines is 2. The Bertz CT molecular complexity index is 1810. The quantitative estimate of drug-likeness (QED) is 0.112. The first-order valence-corrected chi connectivity index (χ1v) is 18.2. The first-order chi connectivity index (χ1) is 19.5. The lowest BCUT2D eigenvalue weighted by atomic mass is 10.1. The van der Waals surface area contributed by atoms with Gasteiger partial charge in [0.05, 0.1) is 0 Å². The number of benzene rings is 3. The summed E-state index contributed by atoms with van der Waals surface area (Å²) >= 11 is 12.7. The summed E-state index contributed by atoms with van der Waals surface area (Å²) in [6.45, 7) is 0. The molecule has 0 unspecified atom stereocenters. The van der Waals surface area contributed by atoms with E-state index in [0.717, 1.165) is 18.2 Å². The number of nitrogens with one attached hydrogen (secondary N) is 1. The Morgan fingerprint density at radius 3 is 2.10 bits per heavy atom. The summed E-state index contributed by atoms with van der Waals surface area (Å²) in [5.41, 5.74) is -0.859. The number of phenols is 1. The Balaban J connectivity index is 2.18. The van der Waals surface area contributed by atoms with Crippen molar-refractivity contribution in [3.63, 3.8) is 0 Å². The van der Waals surface area contributed by atoms with Crippen molar-refractivity contribution >= 4 is 129 Å². The van der Waals surface area contributed by atoms with Crippen molar-refractivity contribution in [3.05, 3.63) is 42.5 Å². The number of carbonyl (C=O) groups excluding carboxylic acids is 2. The summed E-state index contributed by atoms with van der Waals surface area (Å²) < 4.78 is 68.0. The van der Waals surface area contributed by atoms with Gasteiger partial charge in [-0.05, 0) is 47.9 Å². The molecule has 42 heavy (non-hydrogen) atoms. The summed E-state index contributed by atoms with van der Waals surface area (Å²) in [5, 5.41) is 21.7. The molecule has 0 fully saturated rings. The van der Waals surface area contributed by atoms with Gasteiger partial charge in [0.2, 0.25) is 11.8 Å². The lowest BCUT2D eigenvalue weighted by molar-refractivity contribution is -0.117. The fourth-order valence-corrected chi connectivity index (χ4v) is 5.78. The Labute approximate surface area is 273 Å². The average molecular weight is 880 g/mol. The zero-order valence-corrected chi connectivity index (χ0v) is 29.0. The molecule has 0 saturated heterocycles. The summed E-state index contributed by atoms with van der Waals surface area (Å²) in [7, 11) is -8.41. The molecule has 3 aromatic carbocycles. The standard InChI is InChI=1S/C23H20Br4N4O9S2/c1-31(23(34)16(27)10-25)13-3-4-14-11(6-13)7-19(42(38,39)40)20(21(14)32)30-29-17-8-12(28-22(33)15(26)9-24)2-5-18(17)41(35,36)37/h2-8,15-16,32H,9-10H2,1H3,(H,28,33)(H,35,36,37)(H,38,39,40)/t15-,16-/m1/s1. The Kier molecular flexibility index (Phi) is 11.3. The molecule has 0 aliphatic rings. The van der Waals surface area contributed by atoms with Gasteiger partial charge < -0.3 is 15.3 Å². The maximum atomic E-state index is 12.6. The average Bonchev–Trinajstić information content (AvgIpc) is 2.93. The van der Waals surface area contributed by atoms with E-state index in [1.165, 1.54) is 36.2 Å². The van der Waals surface area contributed by atoms with Gasteiger partial charge in [-0.1, -0.05) is 63.7 Å². The van der Waals surface area contributed by atoms with Gasteiger partial charge in [-0.3, -0.25) is 18.7 Å². The van der Waals surface area contributed by atoms with Crippen molar-refractivity contribution in [1.29, 1.82) is 0 Å². The van der Waals surface area contributed by atoms with Crippen LogP contribution in [0.2, 0.25) is 0 Å². The van der Waals surface area contributed by atoms with E-state index in [2.05, 4.69) is 79.3 Å². The van der Waals surface area contributed by atoms with Crippen LogP contribution in [0, 0.1) is 0 Å². The molecule has 13 nitrogen and oxygen atoms in total. The summed E-state index contributed by atoms with van der Waals surface area (Å²) in [4.78, 5) is 23.3. The van der Waals surface area contributed by atoms with E-state index in [9.17, 15) is 40.6 Å². The number of fused-ring (bicyclic) bond motifs is 1. The molecule has 19 heteroatoms. The van der Waals surface area contributed by atoms with E-state index >= 15 is 0 Å². The number of amides is 2. The molecule has 0 aromatic heterocycles. The molecule has 2 amide bonds. The predicted octanol–water partition coefficient (Wildman–Crippen LogP) is 5.67. The van der Waals surface area contributed by atoms with Crippen LogP contribution >= 0.6 is 63.7 Å². The molecule has 0 heterocycles. The van der Waals surface area contributed by atoms with Crippen LogP contribution in [0.1, 0.15) is 0 Å². The topological polar surface area (TPSA) is 203 Å². The van der Waals surface area contributed by atoms with Crippen LogP contribution < -0.4 is 10.2 Å². The zero-order valence-electron chi connectivity index (χ0n) is 21.1. The number of phenolic OH excluding ortho intramolecular Hbond substituents is 1. The number of hydrogen-bond acceptors (Lipinski definition) is 9. The molecule has 2 atom stereocenters. The third-order valence-corrected chi connectivity index (χ3v) is 11.9. The monoisotopic (exact) mass is 876 g/mol. The molecule has 0 aliphatic carbocycles. The van der Waals surface area contributed by atoms with Crippen molar-refractivity contribution in [2.75, 3.05) is 27.9 Å². The minimum atomic E-state index is -5.04. The zero-order chi connectivity index (χ0) is 31.6. The Morgan fingerprint density at radius 2 is 1.52 bits per heavy atom. The van der Waals surface area contributed by atoms with Crippen molar-refractivity contribution in [3.8, 4) is 5.75 Å². The SMILES string of the molecule is CN(C(=O)[C@H](Br)CBr)c1ccc2c(O)c(N=Nc3cc(NC(=O)[C@H](Br)CBr)ccc3S(=O)(=O)O)c(S(=O)(=O)O)cc2c1. The molecule has 0 bridgehead atoms. The van der Waals surface area contributed by atoms with Crippen LogP contribution in [0.25, 0.3) is 10.8 Å². The van der Waals surface area contributed by atoms with Gasteiger partial charge in [0.25, 0.3) is 20.2 Å². The fraction of sp³-hybridized carbons (Fsp3) is 0.217. The molecular formula is C23H20Br4N4O9S2. The van der Waals surface area contributed by atoms with Gasteiger partial charge in [0, 0.05) is 34.5 Å². The van der Waals surface area contributed by atoms with Crippen molar-refractivity contribution in [1.82, 2.24) is 0 Å². The largest absolute Gasteiger partial charge is 0.505 e. The summed E-state index contributed by atoms with van der Waals surface area (Å²) in [5.74, 6) is -1.55. The number of alkyl halides is 4. The number of carbonyl (C=O) groups is 2. The van der Waals surface area contributed by atoms with E-state index in [4.69, 9.17) is 0 Å². The van der Waals surface area contributed by atoms with Crippen LogP contribution in [0.4, 0.5) is 22.7 Å². The third-order valence-electron chi connectivity index (χ3n) is 5.62. The Morgan fingerprint density at radius 1 is 0.905 bits per heavy atom. The molecule has 3 rings (SSSR count). The number of halogens is 4. The van der Waals surface area contributed by atoms with Gasteiger partial charge in [-0.25, -0.2) is 0 Å². The van der Waals surface area contributed by atoms with Crippen LogP contribution in [-0.4, -0.2) is 70.2 Å². The molecule has 3 aromatic rings. The second-order valence-corrected chi connectivity index (χ2v) is 14.7. The van der Waals surface area contributed by atoms with Crippen LogP contribution in [0.3, 0.4) is 0 Å². The number of hydrogen-bond donors (Lipinski definition) is 4. The number of azo groups is 1. The first kappa shape index (κ1) is 34.5. The van der Waals surface area contributed by atoms with Crippen molar-refractivity contribution in [2.45, 2.75) is 19.4 Å². The summed E-state index contributed by atoms with van der Waals surface area (Å²) in [6.07, 6.45) is 0. The molecule has 0 spiro atoms. The molecule has 0 radical (unpaired) electrons. The maximum Gasteiger partial charge on any atom is 0.296 e. The second kappa shape index (κ2) is 13.7. The molecule has 4 N–H and O–H groups in total. The highest BCUT2D eigenvalue weighted by Gasteiger charge is 2.25. The maximum absolute atomic E-state index is 12.6. The smallest absolute Gasteiger partial charge is 0.296 e. The molecule has 226 valence electrons. The minimum Gasteiger partial charge on any atom is -0.505 e. The van der Waals surface area contributed by atoms with E-state index < -0.39 is 62.7 Å². The predicted molar refractivity (Wildman–Crippen MR) is 171 cm³/mol. The van der Waals surface area contributed by atoms with E-state index in [-0.39, 0.29) is 27.7 Å². The van der Waals surface area contributed by atoms with Gasteiger partial charge in [0.1, 0.15) is 30.8 Å². The minimum absolute atomic E-state index is 0.0568. The summed E-state index contributed by atoms with van der Waals surface area (Å²) in [6, 6.07) is 8.43. The lowest BCUT2D eigenvalue weighted by Gasteiger charge is -2.20. The van der Waals surface area contributed by atoms with Gasteiger partial charge in [-0.15, -0.1) is 10.2 Å². The van der Waals surface area contributed by atoms with Gasteiger partial charge in [-0.2, -0.15) is 16.8 Å². The molecule has 0 aliphatic heterocycles. The first-order valence-electron chi connectivity index (χ1n) is 11.3. The van der Waals surface area contributed by atoms with E-state index in [1.807, 2.05) is 0 Å². The normalized spacial score (nSPS) is 13.7. The highest BCUT2D eigenvalue weighted by atomic mass is 79.9. The van der Waals surface area contributed by atoms with E-state index in [1.54, 1.807) is 0 Å². The fourth-order valence-electron chi connectivity index (χ4n) is 3.53.